The number of H-pyrrole nitrogens is 1. The summed E-state index contributed by atoms with van der Waals surface area (Å²) in [5.41, 5.74) is 10.1. The average molecular weight is 731 g/mol. The number of aromatic amines is 1. The molecule has 0 amide bonds. The predicted molar refractivity (Wildman–Crippen MR) is 157 cm³/mol. The van der Waals surface area contributed by atoms with Gasteiger partial charge in [0.1, 0.15) is 30.0 Å². The molecule has 6 rings (SSSR count). The van der Waals surface area contributed by atoms with Crippen LogP contribution in [0.4, 0.5) is 24.9 Å². The lowest BCUT2D eigenvalue weighted by molar-refractivity contribution is -0.116. The lowest BCUT2D eigenvalue weighted by atomic mass is 10.1. The molecule has 1 unspecified atom stereocenters. The second kappa shape index (κ2) is 12.1. The molecule has 0 spiro atoms. The van der Waals surface area contributed by atoms with E-state index < -0.39 is 81.5 Å². The first-order valence-electron chi connectivity index (χ1n) is 12.9. The number of nitrogens with zero attached hydrogens (tertiary/aromatic N) is 7. The van der Waals surface area contributed by atoms with Crippen molar-refractivity contribution >= 4 is 71.0 Å². The van der Waals surface area contributed by atoms with E-state index >= 15 is 13.2 Å². The van der Waals surface area contributed by atoms with Crippen LogP contribution in [0.25, 0.3) is 22.2 Å². The van der Waals surface area contributed by atoms with Crippen LogP contribution in [0.1, 0.15) is 18.9 Å². The minimum absolute atomic E-state index is 0.0833. The van der Waals surface area contributed by atoms with Crippen molar-refractivity contribution in [1.82, 2.24) is 39.5 Å². The SMILES string of the molecule is Nc1nc2c(nnn2[C@@H]2O[C@H](COP(O)(O)=S)[C@H](F)[C@H]2OP(O)(=S)OC[C@@H]2CC(F)(F)[C@H](n3ccc4c(N)ncnc43)O2)c(=O)[nH]1. The van der Waals surface area contributed by atoms with E-state index in [1.165, 1.54) is 12.3 Å². The Morgan fingerprint density at radius 1 is 1.15 bits per heavy atom. The summed E-state index contributed by atoms with van der Waals surface area (Å²) in [5, 5.41) is 7.77. The second-order valence-electron chi connectivity index (χ2n) is 10.1. The van der Waals surface area contributed by atoms with Crippen LogP contribution in [0.5, 0.6) is 0 Å². The summed E-state index contributed by atoms with van der Waals surface area (Å²) in [6.45, 7) is -10.2. The molecule has 46 heavy (non-hydrogen) atoms. The molecule has 2 aliphatic rings. The molecular formula is C20H23F3N10O9P2S2. The molecule has 2 fully saturated rings. The first-order chi connectivity index (χ1) is 21.5. The topological polar surface area (TPSA) is 266 Å². The first-order valence-corrected chi connectivity index (χ1v) is 18.1. The van der Waals surface area contributed by atoms with Crippen LogP contribution in [0, 0.1) is 0 Å². The summed E-state index contributed by atoms with van der Waals surface area (Å²) in [4.78, 5) is 56.0. The van der Waals surface area contributed by atoms with E-state index in [9.17, 15) is 19.5 Å². The number of nitrogen functional groups attached to an aromatic ring is 2. The van der Waals surface area contributed by atoms with Gasteiger partial charge in [0, 0.05) is 12.6 Å². The van der Waals surface area contributed by atoms with Gasteiger partial charge in [-0.3, -0.25) is 14.3 Å². The van der Waals surface area contributed by atoms with Gasteiger partial charge in [0.2, 0.25) is 5.95 Å². The summed E-state index contributed by atoms with van der Waals surface area (Å²) in [6.07, 6.45) is -8.94. The Labute approximate surface area is 264 Å². The number of anilines is 2. The quantitative estimate of drug-likeness (QED) is 0.118. The molecule has 19 nitrogen and oxygen atoms in total. The Morgan fingerprint density at radius 3 is 2.65 bits per heavy atom. The second-order valence-corrected chi connectivity index (χ2v) is 15.5. The molecule has 2 saturated heterocycles. The zero-order valence-corrected chi connectivity index (χ0v) is 26.2. The van der Waals surface area contributed by atoms with Crippen LogP contribution < -0.4 is 17.0 Å². The molecular weight excluding hydrogens is 707 g/mol. The van der Waals surface area contributed by atoms with E-state index in [0.717, 1.165) is 15.6 Å². The van der Waals surface area contributed by atoms with Crippen LogP contribution in [0.2, 0.25) is 0 Å². The van der Waals surface area contributed by atoms with Crippen molar-refractivity contribution in [1.29, 1.82) is 0 Å². The summed E-state index contributed by atoms with van der Waals surface area (Å²) < 4.78 is 74.4. The number of hydrogen-bond acceptors (Lipinski definition) is 15. The van der Waals surface area contributed by atoms with Gasteiger partial charge in [0.05, 0.1) is 24.7 Å². The van der Waals surface area contributed by atoms with Crippen molar-refractivity contribution in [3.63, 3.8) is 0 Å². The molecule has 26 heteroatoms. The smallest absolute Gasteiger partial charge is 0.325 e. The van der Waals surface area contributed by atoms with Crippen LogP contribution >= 0.6 is 13.4 Å². The van der Waals surface area contributed by atoms with Crippen LogP contribution in [-0.2, 0) is 46.7 Å². The Kier molecular flexibility index (Phi) is 8.70. The molecule has 0 radical (unpaired) electrons. The number of alkyl halides is 3. The maximum Gasteiger partial charge on any atom is 0.325 e. The minimum Gasteiger partial charge on any atom is -0.383 e. The van der Waals surface area contributed by atoms with E-state index in [4.69, 9.17) is 46.3 Å². The van der Waals surface area contributed by atoms with Crippen molar-refractivity contribution < 1.29 is 50.9 Å². The van der Waals surface area contributed by atoms with E-state index in [-0.39, 0.29) is 28.6 Å². The molecule has 8 N–H and O–H groups in total. The van der Waals surface area contributed by atoms with Gasteiger partial charge in [0.25, 0.3) is 11.5 Å². The van der Waals surface area contributed by atoms with Gasteiger partial charge in [-0.2, -0.15) is 9.67 Å². The number of nitrogens with two attached hydrogens (primary N) is 2. The van der Waals surface area contributed by atoms with Crippen molar-refractivity contribution in [2.75, 3.05) is 24.7 Å². The molecule has 0 aromatic carbocycles. The molecule has 0 aliphatic carbocycles. The highest BCUT2D eigenvalue weighted by atomic mass is 32.5. The minimum atomic E-state index is -4.48. The number of nitrogens with one attached hydrogen (secondary N) is 1. The zero-order valence-electron chi connectivity index (χ0n) is 22.7. The van der Waals surface area contributed by atoms with Crippen LogP contribution in [0.15, 0.2) is 23.4 Å². The highest BCUT2D eigenvalue weighted by Crippen LogP contribution is 2.52. The third kappa shape index (κ3) is 6.53. The fraction of sp³-hybridized carbons (Fsp3) is 0.500. The van der Waals surface area contributed by atoms with Crippen molar-refractivity contribution in [3.05, 3.63) is 28.9 Å². The Balaban J connectivity index is 1.20. The average Bonchev–Trinajstić information content (AvgIpc) is 3.71. The zero-order chi connectivity index (χ0) is 33.2. The summed E-state index contributed by atoms with van der Waals surface area (Å²) in [5.74, 6) is -3.69. The third-order valence-electron chi connectivity index (χ3n) is 6.92. The first kappa shape index (κ1) is 33.2. The molecule has 0 saturated carbocycles. The molecule has 250 valence electrons. The van der Waals surface area contributed by atoms with Gasteiger partial charge in [-0.15, -0.1) is 5.10 Å². The maximum absolute atomic E-state index is 15.7. The number of aromatic nitrogens is 8. The Morgan fingerprint density at radius 2 is 1.91 bits per heavy atom. The fourth-order valence-corrected chi connectivity index (χ4v) is 6.93. The van der Waals surface area contributed by atoms with E-state index in [1.807, 2.05) is 0 Å². The molecule has 0 bridgehead atoms. The van der Waals surface area contributed by atoms with Gasteiger partial charge >= 0.3 is 13.4 Å². The van der Waals surface area contributed by atoms with Crippen molar-refractivity contribution in [2.45, 2.75) is 49.3 Å². The molecule has 4 aromatic rings. The van der Waals surface area contributed by atoms with Crippen molar-refractivity contribution in [2.24, 2.45) is 0 Å². The maximum atomic E-state index is 15.7. The summed E-state index contributed by atoms with van der Waals surface area (Å²) >= 11 is 9.45. The lowest BCUT2D eigenvalue weighted by Gasteiger charge is -2.25. The normalized spacial score (nSPS) is 27.9. The van der Waals surface area contributed by atoms with Gasteiger partial charge < -0.3 is 49.2 Å². The van der Waals surface area contributed by atoms with Gasteiger partial charge in [-0.25, -0.2) is 23.1 Å². The van der Waals surface area contributed by atoms with Gasteiger partial charge in [-0.1, -0.05) is 5.21 Å². The Bertz CT molecular complexity index is 1950. The van der Waals surface area contributed by atoms with Gasteiger partial charge in [-0.05, 0) is 29.7 Å². The van der Waals surface area contributed by atoms with E-state index in [0.29, 0.717) is 5.39 Å². The number of ether oxygens (including phenoxy) is 2. The summed E-state index contributed by atoms with van der Waals surface area (Å²) in [7, 11) is 0. The molecule has 2 aliphatic heterocycles. The number of hydrogen-bond donors (Lipinski definition) is 6. The molecule has 6 heterocycles. The lowest BCUT2D eigenvalue weighted by Crippen LogP contribution is -2.32. The van der Waals surface area contributed by atoms with E-state index in [2.05, 4.69) is 42.1 Å². The highest BCUT2D eigenvalue weighted by Gasteiger charge is 2.53. The molecule has 4 aromatic heterocycles. The number of halogens is 3. The van der Waals surface area contributed by atoms with E-state index in [1.54, 1.807) is 0 Å². The fourth-order valence-electron chi connectivity index (χ4n) is 4.98. The van der Waals surface area contributed by atoms with Crippen LogP contribution in [-0.4, -0.2) is 97.8 Å². The largest absolute Gasteiger partial charge is 0.383 e. The predicted octanol–water partition coefficient (Wildman–Crippen LogP) is 0.126. The number of rotatable bonds is 10. The summed E-state index contributed by atoms with van der Waals surface area (Å²) in [6, 6.07) is 1.46. The third-order valence-corrected chi connectivity index (χ3v) is 9.28. The molecule has 7 atom stereocenters. The number of fused-ring (bicyclic) bond motifs is 2. The van der Waals surface area contributed by atoms with Gasteiger partial charge in [0.15, 0.2) is 29.8 Å². The highest BCUT2D eigenvalue weighted by molar-refractivity contribution is 8.07. The standard InChI is InChI=1S/C20H23F3N10O9P2S2/c21-10-9(5-38-43(35,36)45)41-17(33-15-11(30-31-33)16(34)29-19(25)28-15)12(10)42-44(37,46)39-4-7-3-20(22,23)18(40-7)32-2-1-8-13(24)26-6-27-14(8)32/h1-2,6-7,9-10,12,17-18H,3-5H2,(H,37,46)(H2,24,26,27)(H2,35,36,45)(H3,25,28,29,34)/t7-,9+,10-,12+,17+,18+,44?/m0/s1. The Hall–Kier alpha value is -2.73. The monoisotopic (exact) mass is 730 g/mol. The van der Waals surface area contributed by atoms with Crippen LogP contribution in [0.3, 0.4) is 0 Å². The van der Waals surface area contributed by atoms with Crippen molar-refractivity contribution in [3.8, 4) is 0 Å².